The van der Waals surface area contributed by atoms with Gasteiger partial charge in [0.1, 0.15) is 5.75 Å². The standard InChI is InChI=1S/C20H17BrClN3O3/c1-27-17-5-3-2-4-12(17)8-18-23-19(28-24-18)13-10-25(11-13)20(26)15-9-14(21)6-7-16(15)22/h2-7,9,13H,8,10-11H2,1H3. The smallest absolute Gasteiger partial charge is 0.255 e. The number of amides is 1. The van der Waals surface area contributed by atoms with Gasteiger partial charge in [-0.3, -0.25) is 4.79 Å². The van der Waals surface area contributed by atoms with E-state index >= 15 is 0 Å². The molecule has 0 N–H and O–H groups in total. The van der Waals surface area contributed by atoms with E-state index in [1.807, 2.05) is 24.3 Å². The van der Waals surface area contributed by atoms with Crippen LogP contribution in [0.15, 0.2) is 51.5 Å². The molecule has 1 amide bonds. The number of ether oxygens (including phenoxy) is 1. The van der Waals surface area contributed by atoms with E-state index in [4.69, 9.17) is 20.9 Å². The molecule has 0 aliphatic carbocycles. The molecule has 144 valence electrons. The van der Waals surface area contributed by atoms with Gasteiger partial charge in [-0.05, 0) is 24.3 Å². The number of aromatic nitrogens is 2. The van der Waals surface area contributed by atoms with Gasteiger partial charge in [-0.25, -0.2) is 0 Å². The van der Waals surface area contributed by atoms with Gasteiger partial charge in [0, 0.05) is 29.5 Å². The molecule has 8 heteroatoms. The van der Waals surface area contributed by atoms with E-state index in [0.29, 0.717) is 41.8 Å². The second kappa shape index (κ2) is 7.93. The van der Waals surface area contributed by atoms with Gasteiger partial charge >= 0.3 is 0 Å². The van der Waals surface area contributed by atoms with Crippen LogP contribution < -0.4 is 4.74 Å². The van der Waals surface area contributed by atoms with Gasteiger partial charge in [-0.2, -0.15) is 4.98 Å². The summed E-state index contributed by atoms with van der Waals surface area (Å²) in [5.41, 5.74) is 1.48. The fourth-order valence-electron chi connectivity index (χ4n) is 3.16. The Balaban J connectivity index is 1.40. The van der Waals surface area contributed by atoms with Crippen molar-refractivity contribution in [2.75, 3.05) is 20.2 Å². The fourth-order valence-corrected chi connectivity index (χ4v) is 3.72. The Hall–Kier alpha value is -2.38. The number of para-hydroxylation sites is 1. The molecule has 1 fully saturated rings. The van der Waals surface area contributed by atoms with Gasteiger partial charge in [-0.15, -0.1) is 0 Å². The van der Waals surface area contributed by atoms with Crippen LogP contribution in [0.2, 0.25) is 5.02 Å². The lowest BCUT2D eigenvalue weighted by atomic mass is 9.98. The first-order valence-electron chi connectivity index (χ1n) is 8.74. The zero-order valence-electron chi connectivity index (χ0n) is 15.1. The van der Waals surface area contributed by atoms with Crippen molar-refractivity contribution in [2.24, 2.45) is 0 Å². The van der Waals surface area contributed by atoms with Crippen molar-refractivity contribution >= 4 is 33.4 Å². The van der Waals surface area contributed by atoms with Crippen LogP contribution >= 0.6 is 27.5 Å². The molecule has 2 heterocycles. The van der Waals surface area contributed by atoms with E-state index in [0.717, 1.165) is 15.8 Å². The van der Waals surface area contributed by atoms with Gasteiger partial charge in [0.25, 0.3) is 5.91 Å². The van der Waals surface area contributed by atoms with Crippen molar-refractivity contribution in [3.05, 3.63) is 74.8 Å². The molecular weight excluding hydrogens is 446 g/mol. The molecule has 0 saturated carbocycles. The molecule has 3 aromatic rings. The Kier molecular flexibility index (Phi) is 5.37. The lowest BCUT2D eigenvalue weighted by Gasteiger charge is -2.37. The summed E-state index contributed by atoms with van der Waals surface area (Å²) >= 11 is 9.53. The molecule has 1 saturated heterocycles. The van der Waals surface area contributed by atoms with E-state index < -0.39 is 0 Å². The third-order valence-corrected chi connectivity index (χ3v) is 5.52. The minimum Gasteiger partial charge on any atom is -0.496 e. The summed E-state index contributed by atoms with van der Waals surface area (Å²) < 4.78 is 11.6. The summed E-state index contributed by atoms with van der Waals surface area (Å²) in [5.74, 6) is 1.87. The monoisotopic (exact) mass is 461 g/mol. The number of likely N-dealkylation sites (tertiary alicyclic amines) is 1. The molecule has 1 aliphatic rings. The van der Waals surface area contributed by atoms with Gasteiger partial charge in [0.05, 0.1) is 23.6 Å². The van der Waals surface area contributed by atoms with Crippen LogP contribution in [0.1, 0.15) is 33.6 Å². The van der Waals surface area contributed by atoms with E-state index in [1.165, 1.54) is 0 Å². The van der Waals surface area contributed by atoms with Crippen molar-refractivity contribution < 1.29 is 14.1 Å². The van der Waals surface area contributed by atoms with Crippen molar-refractivity contribution in [1.82, 2.24) is 15.0 Å². The summed E-state index contributed by atoms with van der Waals surface area (Å²) in [6.07, 6.45) is 0.524. The lowest BCUT2D eigenvalue weighted by Crippen LogP contribution is -2.48. The predicted octanol–water partition coefficient (Wildman–Crippen LogP) is 4.32. The molecule has 0 unspecified atom stereocenters. The Labute approximate surface area is 175 Å². The zero-order chi connectivity index (χ0) is 19.7. The van der Waals surface area contributed by atoms with Crippen LogP contribution in [0.25, 0.3) is 0 Å². The minimum atomic E-state index is -0.101. The summed E-state index contributed by atoms with van der Waals surface area (Å²) in [6, 6.07) is 13.0. The largest absolute Gasteiger partial charge is 0.496 e. The topological polar surface area (TPSA) is 68.5 Å². The van der Waals surface area contributed by atoms with Crippen LogP contribution in [0, 0.1) is 0 Å². The molecule has 1 aliphatic heterocycles. The first kappa shape index (κ1) is 19.0. The quantitative estimate of drug-likeness (QED) is 0.565. The number of nitrogens with zero attached hydrogens (tertiary/aromatic N) is 3. The van der Waals surface area contributed by atoms with E-state index in [2.05, 4.69) is 26.1 Å². The van der Waals surface area contributed by atoms with E-state index in [9.17, 15) is 4.79 Å². The molecule has 1 aromatic heterocycles. The average molecular weight is 463 g/mol. The van der Waals surface area contributed by atoms with Gasteiger partial charge in [0.2, 0.25) is 5.89 Å². The SMILES string of the molecule is COc1ccccc1Cc1noc(C2CN(C(=O)c3cc(Br)ccc3Cl)C2)n1. The summed E-state index contributed by atoms with van der Waals surface area (Å²) in [6.45, 7) is 1.05. The van der Waals surface area contributed by atoms with Crippen LogP contribution in [0.5, 0.6) is 5.75 Å². The third-order valence-electron chi connectivity index (χ3n) is 4.70. The number of rotatable bonds is 5. The minimum absolute atomic E-state index is 0.0359. The highest BCUT2D eigenvalue weighted by atomic mass is 79.9. The predicted molar refractivity (Wildman–Crippen MR) is 108 cm³/mol. The van der Waals surface area contributed by atoms with E-state index in [1.54, 1.807) is 30.2 Å². The first-order valence-corrected chi connectivity index (χ1v) is 9.91. The van der Waals surface area contributed by atoms with Crippen molar-refractivity contribution in [1.29, 1.82) is 0 Å². The maximum atomic E-state index is 12.6. The molecule has 6 nitrogen and oxygen atoms in total. The number of benzene rings is 2. The second-order valence-corrected chi connectivity index (χ2v) is 7.89. The molecule has 0 radical (unpaired) electrons. The van der Waals surface area contributed by atoms with Gasteiger partial charge < -0.3 is 14.2 Å². The number of hydrogen-bond acceptors (Lipinski definition) is 5. The lowest BCUT2D eigenvalue weighted by molar-refractivity contribution is 0.0569. The molecule has 0 bridgehead atoms. The number of carbonyl (C=O) groups excluding carboxylic acids is 1. The van der Waals surface area contributed by atoms with Crippen LogP contribution in [-0.2, 0) is 6.42 Å². The highest BCUT2D eigenvalue weighted by Crippen LogP contribution is 2.30. The second-order valence-electron chi connectivity index (χ2n) is 6.57. The van der Waals surface area contributed by atoms with Crippen LogP contribution in [-0.4, -0.2) is 41.1 Å². The average Bonchev–Trinajstić information content (AvgIpc) is 3.10. The number of carbonyl (C=O) groups is 1. The van der Waals surface area contributed by atoms with Crippen LogP contribution in [0.3, 0.4) is 0 Å². The Morgan fingerprint density at radius 1 is 1.32 bits per heavy atom. The highest BCUT2D eigenvalue weighted by Gasteiger charge is 2.36. The normalized spacial score (nSPS) is 14.0. The molecule has 0 spiro atoms. The molecule has 2 aromatic carbocycles. The molecule has 4 rings (SSSR count). The van der Waals surface area contributed by atoms with E-state index in [-0.39, 0.29) is 11.8 Å². The Morgan fingerprint density at radius 3 is 2.89 bits per heavy atom. The maximum absolute atomic E-state index is 12.6. The Bertz CT molecular complexity index is 1020. The molecule has 28 heavy (non-hydrogen) atoms. The summed E-state index contributed by atoms with van der Waals surface area (Å²) in [4.78, 5) is 18.9. The van der Waals surface area contributed by atoms with Gasteiger partial charge in [-0.1, -0.05) is 50.9 Å². The fraction of sp³-hybridized carbons (Fsp3) is 0.250. The number of hydrogen-bond donors (Lipinski definition) is 0. The molecular formula is C20H17BrClN3O3. The Morgan fingerprint density at radius 2 is 2.11 bits per heavy atom. The first-order chi connectivity index (χ1) is 13.5. The third kappa shape index (κ3) is 3.77. The van der Waals surface area contributed by atoms with Crippen molar-refractivity contribution in [3.63, 3.8) is 0 Å². The van der Waals surface area contributed by atoms with Crippen LogP contribution in [0.4, 0.5) is 0 Å². The van der Waals surface area contributed by atoms with Crippen molar-refractivity contribution in [3.8, 4) is 5.75 Å². The zero-order valence-corrected chi connectivity index (χ0v) is 17.4. The maximum Gasteiger partial charge on any atom is 0.255 e. The summed E-state index contributed by atoms with van der Waals surface area (Å²) in [7, 11) is 1.64. The summed E-state index contributed by atoms with van der Waals surface area (Å²) in [5, 5.41) is 4.51. The van der Waals surface area contributed by atoms with Crippen molar-refractivity contribution in [2.45, 2.75) is 12.3 Å². The van der Waals surface area contributed by atoms with Gasteiger partial charge in [0.15, 0.2) is 5.82 Å². The number of methoxy groups -OCH3 is 1. The number of halogens is 2. The molecule has 0 atom stereocenters. The highest BCUT2D eigenvalue weighted by molar-refractivity contribution is 9.10.